The Balaban J connectivity index is 0.00000341. The van der Waals surface area contributed by atoms with Crippen LogP contribution in [0.5, 0.6) is 0 Å². The van der Waals surface area contributed by atoms with E-state index < -0.39 is 0 Å². The third-order valence-corrected chi connectivity index (χ3v) is 4.83. The minimum Gasteiger partial charge on any atom is -0.356 e. The molecule has 166 valence electrons. The smallest absolute Gasteiger partial charge is 0.227 e. The van der Waals surface area contributed by atoms with E-state index in [2.05, 4.69) is 25.9 Å². The molecular formula is C22H29IN6O2. The number of anilines is 2. The molecule has 0 saturated carbocycles. The lowest BCUT2D eigenvalue weighted by molar-refractivity contribution is -0.117. The summed E-state index contributed by atoms with van der Waals surface area (Å²) in [5.74, 6) is 1.25. The zero-order valence-electron chi connectivity index (χ0n) is 17.9. The summed E-state index contributed by atoms with van der Waals surface area (Å²) in [6.45, 7) is 3.78. The van der Waals surface area contributed by atoms with E-state index in [4.69, 9.17) is 0 Å². The van der Waals surface area contributed by atoms with Gasteiger partial charge in [0, 0.05) is 51.4 Å². The molecule has 1 aromatic heterocycles. The van der Waals surface area contributed by atoms with E-state index in [1.54, 1.807) is 19.3 Å². The van der Waals surface area contributed by atoms with Gasteiger partial charge in [0.1, 0.15) is 5.82 Å². The molecule has 2 amide bonds. The van der Waals surface area contributed by atoms with Crippen molar-refractivity contribution in [2.45, 2.75) is 32.7 Å². The molecule has 0 bridgehead atoms. The molecule has 2 aromatic rings. The summed E-state index contributed by atoms with van der Waals surface area (Å²) in [5, 5.41) is 9.13. The number of halogens is 1. The zero-order valence-corrected chi connectivity index (χ0v) is 20.2. The predicted octanol–water partition coefficient (Wildman–Crippen LogP) is 2.83. The molecule has 1 aliphatic heterocycles. The first-order chi connectivity index (χ1) is 14.5. The third-order valence-electron chi connectivity index (χ3n) is 4.83. The summed E-state index contributed by atoms with van der Waals surface area (Å²) >= 11 is 0. The summed E-state index contributed by atoms with van der Waals surface area (Å²) in [6.07, 6.45) is 3.57. The number of aliphatic imine (C=N–C) groups is 1. The molecule has 1 saturated heterocycles. The van der Waals surface area contributed by atoms with Crippen LogP contribution in [0.3, 0.4) is 0 Å². The number of aromatic nitrogens is 1. The van der Waals surface area contributed by atoms with E-state index in [1.165, 1.54) is 0 Å². The van der Waals surface area contributed by atoms with Crippen LogP contribution in [0.4, 0.5) is 11.5 Å². The number of carbonyl (C=O) groups is 2. The fraction of sp³-hybridized carbons (Fsp3) is 0.364. The Bertz CT molecular complexity index is 899. The highest BCUT2D eigenvalue weighted by atomic mass is 127. The largest absolute Gasteiger partial charge is 0.356 e. The minimum absolute atomic E-state index is 0. The van der Waals surface area contributed by atoms with Gasteiger partial charge < -0.3 is 20.9 Å². The van der Waals surface area contributed by atoms with Gasteiger partial charge in [-0.3, -0.25) is 14.6 Å². The molecule has 0 atom stereocenters. The van der Waals surface area contributed by atoms with Crippen molar-refractivity contribution in [1.29, 1.82) is 0 Å². The van der Waals surface area contributed by atoms with Gasteiger partial charge in [0.05, 0.1) is 0 Å². The Hall–Kier alpha value is -2.69. The van der Waals surface area contributed by atoms with Crippen molar-refractivity contribution >= 4 is 53.3 Å². The minimum atomic E-state index is -0.110. The maximum absolute atomic E-state index is 12.0. The fourth-order valence-corrected chi connectivity index (χ4v) is 3.16. The number of hydrogen-bond donors (Lipinski definition) is 3. The second-order valence-corrected chi connectivity index (χ2v) is 7.19. The fourth-order valence-electron chi connectivity index (χ4n) is 3.16. The van der Waals surface area contributed by atoms with Crippen molar-refractivity contribution in [1.82, 2.24) is 15.6 Å². The normalized spacial score (nSPS) is 13.5. The molecule has 0 aliphatic carbocycles. The van der Waals surface area contributed by atoms with Crippen LogP contribution in [0.1, 0.15) is 30.4 Å². The standard InChI is InChI=1S/C22H28N6O2.HI/c1-16-5-10-19(25-14-16)27-20(29)11-12-24-22(23-2)26-15-17-6-8-18(9-7-17)28-13-3-4-21(28)30;/h5-10,14H,3-4,11-13,15H2,1-2H3,(H2,23,24,26)(H,25,27,29);1H. The number of carbonyl (C=O) groups excluding carboxylic acids is 2. The summed E-state index contributed by atoms with van der Waals surface area (Å²) in [6, 6.07) is 11.6. The SMILES string of the molecule is CN=C(NCCC(=O)Nc1ccc(C)cn1)NCc1ccc(N2CCCC2=O)cc1.I. The van der Waals surface area contributed by atoms with Gasteiger partial charge in [-0.05, 0) is 42.7 Å². The highest BCUT2D eigenvalue weighted by molar-refractivity contribution is 14.0. The van der Waals surface area contributed by atoms with Crippen molar-refractivity contribution in [3.63, 3.8) is 0 Å². The molecular weight excluding hydrogens is 507 g/mol. The summed E-state index contributed by atoms with van der Waals surface area (Å²) in [4.78, 5) is 34.0. The van der Waals surface area contributed by atoms with Crippen LogP contribution in [0, 0.1) is 6.92 Å². The molecule has 3 N–H and O–H groups in total. The maximum Gasteiger partial charge on any atom is 0.227 e. The van der Waals surface area contributed by atoms with Gasteiger partial charge in [-0.25, -0.2) is 4.98 Å². The number of guanidine groups is 1. The quantitative estimate of drug-likeness (QED) is 0.287. The summed E-state index contributed by atoms with van der Waals surface area (Å²) < 4.78 is 0. The maximum atomic E-state index is 12.0. The monoisotopic (exact) mass is 536 g/mol. The molecule has 2 heterocycles. The van der Waals surface area contributed by atoms with Gasteiger partial charge in [0.15, 0.2) is 5.96 Å². The van der Waals surface area contributed by atoms with E-state index in [0.29, 0.717) is 37.7 Å². The molecule has 1 aliphatic rings. The van der Waals surface area contributed by atoms with Crippen molar-refractivity contribution < 1.29 is 9.59 Å². The third kappa shape index (κ3) is 7.50. The topological polar surface area (TPSA) is 98.7 Å². The number of nitrogens with one attached hydrogen (secondary N) is 3. The number of rotatable bonds is 7. The Morgan fingerprint density at radius 1 is 1.16 bits per heavy atom. The molecule has 31 heavy (non-hydrogen) atoms. The van der Waals surface area contributed by atoms with Crippen LogP contribution in [0.25, 0.3) is 0 Å². The Morgan fingerprint density at radius 3 is 2.55 bits per heavy atom. The van der Waals surface area contributed by atoms with Crippen molar-refractivity contribution in [3.8, 4) is 0 Å². The molecule has 8 nitrogen and oxygen atoms in total. The molecule has 3 rings (SSSR count). The van der Waals surface area contributed by atoms with Gasteiger partial charge in [0.2, 0.25) is 11.8 Å². The highest BCUT2D eigenvalue weighted by Gasteiger charge is 2.21. The van der Waals surface area contributed by atoms with Crippen LogP contribution in [0.2, 0.25) is 0 Å². The molecule has 1 aromatic carbocycles. The molecule has 0 spiro atoms. The summed E-state index contributed by atoms with van der Waals surface area (Å²) in [7, 11) is 1.69. The first-order valence-corrected chi connectivity index (χ1v) is 10.1. The molecule has 0 unspecified atom stereocenters. The number of hydrogen-bond acceptors (Lipinski definition) is 4. The lowest BCUT2D eigenvalue weighted by Gasteiger charge is -2.16. The van der Waals surface area contributed by atoms with Crippen LogP contribution in [-0.2, 0) is 16.1 Å². The van der Waals surface area contributed by atoms with E-state index in [1.807, 2.05) is 42.2 Å². The number of pyridine rings is 1. The molecule has 9 heteroatoms. The Kier molecular flexibility index (Phi) is 9.70. The van der Waals surface area contributed by atoms with Crippen LogP contribution in [-0.4, -0.2) is 42.9 Å². The molecule has 0 radical (unpaired) electrons. The second-order valence-electron chi connectivity index (χ2n) is 7.19. The van der Waals surface area contributed by atoms with Crippen molar-refractivity contribution in [2.75, 3.05) is 30.4 Å². The molecule has 1 fully saturated rings. The average Bonchev–Trinajstić information content (AvgIpc) is 3.18. The summed E-state index contributed by atoms with van der Waals surface area (Å²) in [5.41, 5.74) is 3.07. The number of nitrogens with zero attached hydrogens (tertiary/aromatic N) is 3. The number of amides is 2. The van der Waals surface area contributed by atoms with Crippen molar-refractivity contribution in [3.05, 3.63) is 53.7 Å². The van der Waals surface area contributed by atoms with Crippen LogP contribution < -0.4 is 20.9 Å². The van der Waals surface area contributed by atoms with Gasteiger partial charge in [-0.15, -0.1) is 24.0 Å². The second kappa shape index (κ2) is 12.2. The van der Waals surface area contributed by atoms with E-state index >= 15 is 0 Å². The first-order valence-electron chi connectivity index (χ1n) is 10.1. The van der Waals surface area contributed by atoms with Crippen LogP contribution in [0.15, 0.2) is 47.6 Å². The lowest BCUT2D eigenvalue weighted by Crippen LogP contribution is -2.38. The highest BCUT2D eigenvalue weighted by Crippen LogP contribution is 2.21. The van der Waals surface area contributed by atoms with E-state index in [-0.39, 0.29) is 35.8 Å². The van der Waals surface area contributed by atoms with E-state index in [0.717, 1.165) is 29.8 Å². The Labute approximate surface area is 199 Å². The van der Waals surface area contributed by atoms with Gasteiger partial charge in [-0.1, -0.05) is 18.2 Å². The van der Waals surface area contributed by atoms with Crippen LogP contribution >= 0.6 is 24.0 Å². The zero-order chi connectivity index (χ0) is 21.3. The van der Waals surface area contributed by atoms with Crippen molar-refractivity contribution in [2.24, 2.45) is 4.99 Å². The first kappa shape index (κ1) is 24.6. The Morgan fingerprint density at radius 2 is 1.94 bits per heavy atom. The van der Waals surface area contributed by atoms with Gasteiger partial charge in [0.25, 0.3) is 0 Å². The van der Waals surface area contributed by atoms with E-state index in [9.17, 15) is 9.59 Å². The number of aryl methyl sites for hydroxylation is 1. The lowest BCUT2D eigenvalue weighted by atomic mass is 10.2. The average molecular weight is 536 g/mol. The number of benzene rings is 1. The van der Waals surface area contributed by atoms with Gasteiger partial charge >= 0.3 is 0 Å². The van der Waals surface area contributed by atoms with Gasteiger partial charge in [-0.2, -0.15) is 0 Å². The predicted molar refractivity (Wildman–Crippen MR) is 134 cm³/mol.